The summed E-state index contributed by atoms with van der Waals surface area (Å²) in [6, 6.07) is 14.7. The van der Waals surface area contributed by atoms with Gasteiger partial charge in [-0.05, 0) is 42.7 Å². The predicted octanol–water partition coefficient (Wildman–Crippen LogP) is 4.22. The molecule has 2 aromatic rings. The third kappa shape index (κ3) is 4.84. The van der Waals surface area contributed by atoms with Crippen LogP contribution in [-0.4, -0.2) is 36.9 Å². The van der Waals surface area contributed by atoms with Gasteiger partial charge in [0.05, 0.1) is 30.3 Å². The van der Waals surface area contributed by atoms with Gasteiger partial charge in [0.15, 0.2) is 0 Å². The summed E-state index contributed by atoms with van der Waals surface area (Å²) in [5.74, 6) is 0.375. The molecule has 0 spiro atoms. The largest absolute Gasteiger partial charge is 0.497 e. The molecule has 0 radical (unpaired) electrons. The zero-order chi connectivity index (χ0) is 19.9. The number of likely N-dealkylation sites (tertiary alicyclic amines) is 1. The highest BCUT2D eigenvalue weighted by Gasteiger charge is 2.27. The summed E-state index contributed by atoms with van der Waals surface area (Å²) in [6.45, 7) is 0.647. The van der Waals surface area contributed by atoms with E-state index in [0.29, 0.717) is 17.1 Å². The number of carbonyl (C=O) groups is 2. The quantitative estimate of drug-likeness (QED) is 0.817. The van der Waals surface area contributed by atoms with E-state index in [1.54, 1.807) is 31.4 Å². The van der Waals surface area contributed by atoms with Gasteiger partial charge in [0.1, 0.15) is 5.75 Å². The third-order valence-electron chi connectivity index (χ3n) is 5.09. The lowest BCUT2D eigenvalue weighted by Gasteiger charge is -2.30. The molecule has 0 saturated carbocycles. The van der Waals surface area contributed by atoms with Crippen LogP contribution in [0.4, 0.5) is 0 Å². The Hall–Kier alpha value is -2.53. The molecule has 148 valence electrons. The molecule has 0 bridgehead atoms. The number of hydrogen-bond acceptors (Lipinski definition) is 3. The van der Waals surface area contributed by atoms with Crippen molar-refractivity contribution in [1.29, 1.82) is 0 Å². The summed E-state index contributed by atoms with van der Waals surface area (Å²) in [7, 11) is 1.64. The van der Waals surface area contributed by atoms with Gasteiger partial charge in [-0.3, -0.25) is 9.59 Å². The summed E-state index contributed by atoms with van der Waals surface area (Å²) in [4.78, 5) is 27.2. The second-order valence-corrected chi connectivity index (χ2v) is 7.30. The molecule has 1 saturated heterocycles. The highest BCUT2D eigenvalue weighted by Crippen LogP contribution is 2.31. The minimum Gasteiger partial charge on any atom is -0.497 e. The highest BCUT2D eigenvalue weighted by molar-refractivity contribution is 6.33. The lowest BCUT2D eigenvalue weighted by atomic mass is 10.0. The van der Waals surface area contributed by atoms with E-state index >= 15 is 0 Å². The minimum atomic E-state index is -0.338. The molecule has 5 nitrogen and oxygen atoms in total. The number of amides is 2. The Bertz CT molecular complexity index is 823. The van der Waals surface area contributed by atoms with Crippen LogP contribution in [0, 0.1) is 0 Å². The summed E-state index contributed by atoms with van der Waals surface area (Å²) >= 11 is 6.07. The number of rotatable bonds is 5. The molecule has 0 aromatic heterocycles. The maximum Gasteiger partial charge on any atom is 0.253 e. The lowest BCUT2D eigenvalue weighted by molar-refractivity contribution is -0.132. The van der Waals surface area contributed by atoms with Gasteiger partial charge < -0.3 is 15.0 Å². The number of ether oxygens (including phenoxy) is 1. The lowest BCUT2D eigenvalue weighted by Crippen LogP contribution is -2.42. The van der Waals surface area contributed by atoms with Crippen LogP contribution < -0.4 is 10.1 Å². The fourth-order valence-electron chi connectivity index (χ4n) is 3.58. The SMILES string of the molecule is COc1ccc([C@H]2CCCCCN2C(=O)CNC(=O)c2ccccc2Cl)cc1. The van der Waals surface area contributed by atoms with Crippen molar-refractivity contribution in [2.45, 2.75) is 31.7 Å². The molecule has 1 heterocycles. The summed E-state index contributed by atoms with van der Waals surface area (Å²) in [5.41, 5.74) is 1.47. The van der Waals surface area contributed by atoms with Crippen LogP contribution in [0.3, 0.4) is 0 Å². The van der Waals surface area contributed by atoms with Crippen molar-refractivity contribution in [1.82, 2.24) is 10.2 Å². The van der Waals surface area contributed by atoms with Crippen LogP contribution in [0.1, 0.15) is 47.6 Å². The number of halogens is 1. The van der Waals surface area contributed by atoms with Crippen LogP contribution in [0.25, 0.3) is 0 Å². The average molecular weight is 401 g/mol. The molecule has 0 aliphatic carbocycles. The number of methoxy groups -OCH3 is 1. The van der Waals surface area contributed by atoms with Gasteiger partial charge >= 0.3 is 0 Å². The molecule has 1 fully saturated rings. The van der Waals surface area contributed by atoms with E-state index in [-0.39, 0.29) is 24.4 Å². The Kier molecular flexibility index (Phi) is 6.93. The normalized spacial score (nSPS) is 16.9. The molecule has 6 heteroatoms. The number of nitrogens with zero attached hydrogens (tertiary/aromatic N) is 1. The Morgan fingerprint density at radius 3 is 2.57 bits per heavy atom. The number of carbonyl (C=O) groups excluding carboxylic acids is 2. The maximum atomic E-state index is 12.9. The Labute approximate surface area is 170 Å². The van der Waals surface area contributed by atoms with Crippen LogP contribution in [0.2, 0.25) is 5.02 Å². The van der Waals surface area contributed by atoms with Gasteiger partial charge in [-0.1, -0.05) is 48.7 Å². The molecule has 1 aliphatic heterocycles. The third-order valence-corrected chi connectivity index (χ3v) is 5.42. The predicted molar refractivity (Wildman–Crippen MR) is 110 cm³/mol. The first-order valence-electron chi connectivity index (χ1n) is 9.56. The van der Waals surface area contributed by atoms with E-state index in [9.17, 15) is 9.59 Å². The summed E-state index contributed by atoms with van der Waals surface area (Å²) in [6.07, 6.45) is 4.06. The smallest absolute Gasteiger partial charge is 0.253 e. The van der Waals surface area contributed by atoms with Crippen LogP contribution in [-0.2, 0) is 4.79 Å². The highest BCUT2D eigenvalue weighted by atomic mass is 35.5. The standard InChI is InChI=1S/C22H25ClN2O3/c1-28-17-12-10-16(11-13-17)20-9-3-2-6-14-25(20)21(26)15-24-22(27)18-7-4-5-8-19(18)23/h4-5,7-8,10-13,20H,2-3,6,9,14-15H2,1H3,(H,24,27)/t20-/m1/s1. The minimum absolute atomic E-state index is 0.0121. The van der Waals surface area contributed by atoms with Crippen LogP contribution >= 0.6 is 11.6 Å². The Morgan fingerprint density at radius 1 is 1.11 bits per heavy atom. The van der Waals surface area contributed by atoms with Gasteiger partial charge in [-0.2, -0.15) is 0 Å². The maximum absolute atomic E-state index is 12.9. The van der Waals surface area contributed by atoms with E-state index in [2.05, 4.69) is 5.32 Å². The molecular formula is C22H25ClN2O3. The Balaban J connectivity index is 1.69. The Morgan fingerprint density at radius 2 is 1.86 bits per heavy atom. The summed E-state index contributed by atoms with van der Waals surface area (Å²) < 4.78 is 5.23. The van der Waals surface area contributed by atoms with Crippen molar-refractivity contribution < 1.29 is 14.3 Å². The number of hydrogen-bond donors (Lipinski definition) is 1. The molecule has 3 rings (SSSR count). The topological polar surface area (TPSA) is 58.6 Å². The van der Waals surface area contributed by atoms with E-state index in [4.69, 9.17) is 16.3 Å². The van der Waals surface area contributed by atoms with Crippen molar-refractivity contribution in [3.8, 4) is 5.75 Å². The molecule has 2 amide bonds. The van der Waals surface area contributed by atoms with E-state index in [1.807, 2.05) is 29.2 Å². The molecule has 1 aliphatic rings. The van der Waals surface area contributed by atoms with Gasteiger partial charge in [-0.15, -0.1) is 0 Å². The van der Waals surface area contributed by atoms with E-state index in [1.165, 1.54) is 0 Å². The molecule has 1 N–H and O–H groups in total. The van der Waals surface area contributed by atoms with Crippen molar-refractivity contribution >= 4 is 23.4 Å². The average Bonchev–Trinajstić information content (AvgIpc) is 2.98. The second kappa shape index (κ2) is 9.60. The van der Waals surface area contributed by atoms with E-state index < -0.39 is 0 Å². The fraction of sp³-hybridized carbons (Fsp3) is 0.364. The van der Waals surface area contributed by atoms with Gasteiger partial charge in [0.2, 0.25) is 5.91 Å². The van der Waals surface area contributed by atoms with Gasteiger partial charge in [-0.25, -0.2) is 0 Å². The zero-order valence-corrected chi connectivity index (χ0v) is 16.7. The summed E-state index contributed by atoms with van der Waals surface area (Å²) in [5, 5.41) is 3.09. The first-order valence-corrected chi connectivity index (χ1v) is 9.94. The van der Waals surface area contributed by atoms with Crippen LogP contribution in [0.5, 0.6) is 5.75 Å². The van der Waals surface area contributed by atoms with E-state index in [0.717, 1.165) is 37.0 Å². The second-order valence-electron chi connectivity index (χ2n) is 6.89. The van der Waals surface area contributed by atoms with Crippen molar-refractivity contribution in [2.24, 2.45) is 0 Å². The first kappa shape index (κ1) is 20.2. The zero-order valence-electron chi connectivity index (χ0n) is 16.0. The molecule has 0 unspecified atom stereocenters. The molecule has 1 atom stereocenters. The van der Waals surface area contributed by atoms with Gasteiger partial charge in [0.25, 0.3) is 5.91 Å². The molecular weight excluding hydrogens is 376 g/mol. The van der Waals surface area contributed by atoms with Crippen molar-refractivity contribution in [3.63, 3.8) is 0 Å². The van der Waals surface area contributed by atoms with Crippen LogP contribution in [0.15, 0.2) is 48.5 Å². The first-order chi connectivity index (χ1) is 13.6. The number of benzene rings is 2. The fourth-order valence-corrected chi connectivity index (χ4v) is 3.80. The monoisotopic (exact) mass is 400 g/mol. The molecule has 2 aromatic carbocycles. The number of nitrogens with one attached hydrogen (secondary N) is 1. The van der Waals surface area contributed by atoms with Gasteiger partial charge in [0, 0.05) is 6.54 Å². The van der Waals surface area contributed by atoms with Crippen molar-refractivity contribution in [2.75, 3.05) is 20.2 Å². The van der Waals surface area contributed by atoms with Crippen molar-refractivity contribution in [3.05, 3.63) is 64.7 Å². The molecule has 28 heavy (non-hydrogen) atoms.